The lowest BCUT2D eigenvalue weighted by Gasteiger charge is -2.21. The number of rotatable bonds is 8. The van der Waals surface area contributed by atoms with Crippen molar-refractivity contribution in [3.63, 3.8) is 0 Å². The molecule has 1 fully saturated rings. The number of carbonyl (C=O) groups excluding carboxylic acids is 2. The summed E-state index contributed by atoms with van der Waals surface area (Å²) in [5.74, 6) is 0.293. The summed E-state index contributed by atoms with van der Waals surface area (Å²) in [6.07, 6.45) is 0.618. The van der Waals surface area contributed by atoms with Crippen LogP contribution in [0.15, 0.2) is 54.6 Å². The fourth-order valence-electron chi connectivity index (χ4n) is 3.18. The van der Waals surface area contributed by atoms with Gasteiger partial charge in [0.1, 0.15) is 5.75 Å². The van der Waals surface area contributed by atoms with Crippen molar-refractivity contribution < 1.29 is 14.3 Å². The molecule has 27 heavy (non-hydrogen) atoms. The van der Waals surface area contributed by atoms with Gasteiger partial charge < -0.3 is 15.0 Å². The molecule has 5 nitrogen and oxygen atoms in total. The maximum absolute atomic E-state index is 12.8. The van der Waals surface area contributed by atoms with Crippen LogP contribution in [-0.4, -0.2) is 29.9 Å². The van der Waals surface area contributed by atoms with E-state index in [2.05, 4.69) is 5.32 Å². The Hall–Kier alpha value is -2.82. The highest BCUT2D eigenvalue weighted by Crippen LogP contribution is 2.41. The molecule has 1 saturated carbocycles. The molecular formula is C22H26N2O3. The maximum atomic E-state index is 12.8. The first-order valence-electron chi connectivity index (χ1n) is 9.48. The number of hydrogen-bond acceptors (Lipinski definition) is 3. The largest absolute Gasteiger partial charge is 0.494 e. The Balaban J connectivity index is 1.54. The molecule has 0 spiro atoms. The van der Waals surface area contributed by atoms with E-state index in [1.54, 1.807) is 0 Å². The summed E-state index contributed by atoms with van der Waals surface area (Å²) in [6, 6.07) is 17.2. The molecule has 2 aromatic rings. The first-order valence-corrected chi connectivity index (χ1v) is 9.48. The second-order valence-corrected chi connectivity index (χ2v) is 6.73. The van der Waals surface area contributed by atoms with Gasteiger partial charge in [-0.1, -0.05) is 30.3 Å². The van der Waals surface area contributed by atoms with Gasteiger partial charge in [-0.3, -0.25) is 9.59 Å². The van der Waals surface area contributed by atoms with Gasteiger partial charge in [-0.05, 0) is 50.1 Å². The van der Waals surface area contributed by atoms with Crippen LogP contribution in [-0.2, 0) is 16.1 Å². The number of nitrogens with one attached hydrogen (secondary N) is 1. The Morgan fingerprint density at radius 2 is 1.74 bits per heavy atom. The summed E-state index contributed by atoms with van der Waals surface area (Å²) >= 11 is 0. The number of amides is 2. The van der Waals surface area contributed by atoms with Crippen molar-refractivity contribution >= 4 is 17.5 Å². The van der Waals surface area contributed by atoms with Gasteiger partial charge in [0.05, 0.1) is 18.4 Å². The van der Waals surface area contributed by atoms with Crippen molar-refractivity contribution in [2.75, 3.05) is 18.5 Å². The summed E-state index contributed by atoms with van der Waals surface area (Å²) in [7, 11) is 0. The number of ether oxygens (including phenoxy) is 1. The van der Waals surface area contributed by atoms with E-state index in [0.29, 0.717) is 26.1 Å². The van der Waals surface area contributed by atoms with Crippen molar-refractivity contribution in [1.29, 1.82) is 0 Å². The van der Waals surface area contributed by atoms with Gasteiger partial charge in [0.25, 0.3) is 0 Å². The first-order chi connectivity index (χ1) is 13.1. The highest BCUT2D eigenvalue weighted by Gasteiger charge is 2.49. The fourth-order valence-corrected chi connectivity index (χ4v) is 3.18. The van der Waals surface area contributed by atoms with E-state index in [0.717, 1.165) is 17.0 Å². The standard InChI is InChI=1S/C22H26N2O3/c1-3-24(15-16-8-6-5-7-9-16)22(26)20-14-19(20)21(25)23-17-10-12-18(13-11-17)27-4-2/h5-13,19-20H,3-4,14-15H2,1-2H3,(H,23,25). The molecule has 0 saturated heterocycles. The third kappa shape index (κ3) is 4.88. The minimum atomic E-state index is -0.242. The molecule has 142 valence electrons. The molecule has 2 unspecified atom stereocenters. The molecule has 3 rings (SSSR count). The van der Waals surface area contributed by atoms with E-state index >= 15 is 0 Å². The van der Waals surface area contributed by atoms with E-state index in [4.69, 9.17) is 4.74 Å². The summed E-state index contributed by atoms with van der Waals surface area (Å²) in [4.78, 5) is 27.0. The highest BCUT2D eigenvalue weighted by atomic mass is 16.5. The summed E-state index contributed by atoms with van der Waals surface area (Å²) in [6.45, 7) is 5.72. The number of benzene rings is 2. The van der Waals surface area contributed by atoms with Crippen LogP contribution in [0.1, 0.15) is 25.8 Å². The zero-order valence-corrected chi connectivity index (χ0v) is 15.9. The van der Waals surface area contributed by atoms with Crippen LogP contribution in [0.2, 0.25) is 0 Å². The molecule has 0 radical (unpaired) electrons. The molecule has 2 atom stereocenters. The summed E-state index contributed by atoms with van der Waals surface area (Å²) < 4.78 is 5.40. The second kappa shape index (κ2) is 8.71. The van der Waals surface area contributed by atoms with Crippen molar-refractivity contribution in [2.45, 2.75) is 26.8 Å². The van der Waals surface area contributed by atoms with Crippen LogP contribution >= 0.6 is 0 Å². The molecule has 2 amide bonds. The summed E-state index contributed by atoms with van der Waals surface area (Å²) in [5.41, 5.74) is 1.82. The van der Waals surface area contributed by atoms with Gasteiger partial charge in [0.15, 0.2) is 0 Å². The number of anilines is 1. The maximum Gasteiger partial charge on any atom is 0.228 e. The van der Waals surface area contributed by atoms with Gasteiger partial charge in [-0.2, -0.15) is 0 Å². The second-order valence-electron chi connectivity index (χ2n) is 6.73. The third-order valence-electron chi connectivity index (χ3n) is 4.79. The van der Waals surface area contributed by atoms with Crippen LogP contribution in [0.5, 0.6) is 5.75 Å². The highest BCUT2D eigenvalue weighted by molar-refractivity contribution is 5.99. The van der Waals surface area contributed by atoms with E-state index < -0.39 is 0 Å². The van der Waals surface area contributed by atoms with Gasteiger partial charge in [0, 0.05) is 18.8 Å². The lowest BCUT2D eigenvalue weighted by atomic mass is 10.2. The van der Waals surface area contributed by atoms with Crippen LogP contribution in [0.3, 0.4) is 0 Å². The fraction of sp³-hybridized carbons (Fsp3) is 0.364. The lowest BCUT2D eigenvalue weighted by Crippen LogP contribution is -2.33. The molecule has 5 heteroatoms. The Morgan fingerprint density at radius 1 is 1.04 bits per heavy atom. The zero-order valence-electron chi connectivity index (χ0n) is 15.9. The Kier molecular flexibility index (Phi) is 6.12. The molecule has 0 aromatic heterocycles. The van der Waals surface area contributed by atoms with Gasteiger partial charge in [-0.25, -0.2) is 0 Å². The normalized spacial score (nSPS) is 17.9. The zero-order chi connectivity index (χ0) is 19.2. The van der Waals surface area contributed by atoms with Gasteiger partial charge >= 0.3 is 0 Å². The van der Waals surface area contributed by atoms with Crippen LogP contribution in [0.4, 0.5) is 5.69 Å². The predicted molar refractivity (Wildman–Crippen MR) is 105 cm³/mol. The lowest BCUT2D eigenvalue weighted by molar-refractivity contribution is -0.134. The molecule has 0 heterocycles. The van der Waals surface area contributed by atoms with E-state index in [9.17, 15) is 9.59 Å². The Morgan fingerprint density at radius 3 is 2.37 bits per heavy atom. The van der Waals surface area contributed by atoms with Crippen LogP contribution < -0.4 is 10.1 Å². The quantitative estimate of drug-likeness (QED) is 0.775. The van der Waals surface area contributed by atoms with Gasteiger partial charge in [0.2, 0.25) is 11.8 Å². The number of nitrogens with zero attached hydrogens (tertiary/aromatic N) is 1. The molecule has 2 aromatic carbocycles. The van der Waals surface area contributed by atoms with Crippen LogP contribution in [0, 0.1) is 11.8 Å². The van der Waals surface area contributed by atoms with Crippen molar-refractivity contribution in [3.8, 4) is 5.75 Å². The summed E-state index contributed by atoms with van der Waals surface area (Å²) in [5, 5.41) is 2.90. The first kappa shape index (κ1) is 19.0. The minimum Gasteiger partial charge on any atom is -0.494 e. The smallest absolute Gasteiger partial charge is 0.228 e. The van der Waals surface area contributed by atoms with E-state index in [1.165, 1.54) is 0 Å². The van der Waals surface area contributed by atoms with Crippen molar-refractivity contribution in [2.24, 2.45) is 11.8 Å². The monoisotopic (exact) mass is 366 g/mol. The third-order valence-corrected chi connectivity index (χ3v) is 4.79. The SMILES string of the molecule is CCOc1ccc(NC(=O)C2CC2C(=O)N(CC)Cc2ccccc2)cc1. The Bertz CT molecular complexity index is 774. The van der Waals surface area contributed by atoms with Crippen molar-refractivity contribution in [3.05, 3.63) is 60.2 Å². The Labute approximate surface area is 160 Å². The predicted octanol–water partition coefficient (Wildman–Crippen LogP) is 3.71. The minimum absolute atomic E-state index is 0.0631. The number of hydrogen-bond donors (Lipinski definition) is 1. The topological polar surface area (TPSA) is 58.6 Å². The molecule has 1 N–H and O–H groups in total. The molecule has 1 aliphatic rings. The van der Waals surface area contributed by atoms with E-state index in [1.807, 2.05) is 73.3 Å². The molecule has 0 aliphatic heterocycles. The van der Waals surface area contributed by atoms with Crippen molar-refractivity contribution in [1.82, 2.24) is 4.90 Å². The van der Waals surface area contributed by atoms with Crippen LogP contribution in [0.25, 0.3) is 0 Å². The average molecular weight is 366 g/mol. The molecule has 1 aliphatic carbocycles. The number of carbonyl (C=O) groups is 2. The van der Waals surface area contributed by atoms with E-state index in [-0.39, 0.29) is 23.7 Å². The molecule has 0 bridgehead atoms. The average Bonchev–Trinajstić information content (AvgIpc) is 3.49. The molecular weight excluding hydrogens is 340 g/mol. The van der Waals surface area contributed by atoms with Gasteiger partial charge in [-0.15, -0.1) is 0 Å².